The number of carbonyl (C=O) groups excluding carboxylic acids is 1. The van der Waals surface area contributed by atoms with E-state index >= 15 is 0 Å². The van der Waals surface area contributed by atoms with Gasteiger partial charge in [0.2, 0.25) is 0 Å². The van der Waals surface area contributed by atoms with Crippen LogP contribution in [0.2, 0.25) is 0 Å². The van der Waals surface area contributed by atoms with Crippen molar-refractivity contribution in [3.63, 3.8) is 0 Å². The summed E-state index contributed by atoms with van der Waals surface area (Å²) in [6.07, 6.45) is 2.22. The molecule has 0 spiro atoms. The van der Waals surface area contributed by atoms with Crippen LogP contribution in [0.15, 0.2) is 41.5 Å². The second-order valence-electron chi connectivity index (χ2n) is 3.57. The smallest absolute Gasteiger partial charge is 0.271 e. The molecule has 0 aliphatic heterocycles. The Balaban J connectivity index is 2.03. The predicted octanol–water partition coefficient (Wildman–Crippen LogP) is 0.839. The third kappa shape index (κ3) is 2.79. The Hall–Kier alpha value is -2.50. The van der Waals surface area contributed by atoms with Gasteiger partial charge in [-0.15, -0.1) is 0 Å². The van der Waals surface area contributed by atoms with Crippen LogP contribution in [0.3, 0.4) is 0 Å². The number of H-pyrrole nitrogens is 1. The van der Waals surface area contributed by atoms with Gasteiger partial charge in [-0.05, 0) is 6.07 Å². The van der Waals surface area contributed by atoms with E-state index in [2.05, 4.69) is 15.3 Å². The van der Waals surface area contributed by atoms with E-state index in [0.717, 1.165) is 6.20 Å². The summed E-state index contributed by atoms with van der Waals surface area (Å²) in [5, 5.41) is 2.51. The first kappa shape index (κ1) is 12.0. The lowest BCUT2D eigenvalue weighted by Crippen LogP contribution is -2.25. The van der Waals surface area contributed by atoms with Crippen LogP contribution in [-0.4, -0.2) is 15.9 Å². The van der Waals surface area contributed by atoms with Gasteiger partial charge in [0.05, 0.1) is 6.20 Å². The summed E-state index contributed by atoms with van der Waals surface area (Å²) in [7, 11) is 0. The van der Waals surface area contributed by atoms with Crippen molar-refractivity contribution in [2.24, 2.45) is 0 Å². The summed E-state index contributed by atoms with van der Waals surface area (Å²) in [6.45, 7) is 0.0618. The van der Waals surface area contributed by atoms with Crippen molar-refractivity contribution in [1.82, 2.24) is 15.3 Å². The molecule has 1 aromatic heterocycles. The zero-order valence-corrected chi connectivity index (χ0v) is 9.31. The van der Waals surface area contributed by atoms with Crippen LogP contribution in [0.25, 0.3) is 0 Å². The van der Waals surface area contributed by atoms with Crippen LogP contribution < -0.4 is 10.9 Å². The lowest BCUT2D eigenvalue weighted by molar-refractivity contribution is 0.0945. The maximum atomic E-state index is 13.3. The summed E-state index contributed by atoms with van der Waals surface area (Å²) in [5.41, 5.74) is 0.0712. The van der Waals surface area contributed by atoms with Gasteiger partial charge in [0.15, 0.2) is 0 Å². The van der Waals surface area contributed by atoms with Gasteiger partial charge in [0, 0.05) is 18.3 Å². The van der Waals surface area contributed by atoms with Gasteiger partial charge in [-0.3, -0.25) is 9.59 Å². The largest absolute Gasteiger partial charge is 0.346 e. The third-order valence-electron chi connectivity index (χ3n) is 2.30. The molecule has 18 heavy (non-hydrogen) atoms. The standard InChI is InChI=1S/C12H10FN3O2/c13-9-4-2-1-3-8(9)5-16-12(18)10-6-15-11(17)7-14-10/h1-4,6-7H,5H2,(H,15,17)(H,16,18). The molecule has 0 radical (unpaired) electrons. The fourth-order valence-corrected chi connectivity index (χ4v) is 1.37. The van der Waals surface area contributed by atoms with Crippen LogP contribution in [0, 0.1) is 5.82 Å². The van der Waals surface area contributed by atoms with E-state index in [9.17, 15) is 14.0 Å². The van der Waals surface area contributed by atoms with E-state index in [1.807, 2.05) is 0 Å². The number of nitrogens with one attached hydrogen (secondary N) is 2. The lowest BCUT2D eigenvalue weighted by atomic mass is 10.2. The number of carbonyl (C=O) groups is 1. The monoisotopic (exact) mass is 247 g/mol. The van der Waals surface area contributed by atoms with Crippen LogP contribution in [0.1, 0.15) is 16.1 Å². The summed E-state index contributed by atoms with van der Waals surface area (Å²) in [5.74, 6) is -0.860. The number of rotatable bonds is 3. The molecule has 2 aromatic rings. The highest BCUT2D eigenvalue weighted by molar-refractivity contribution is 5.91. The Morgan fingerprint density at radius 1 is 1.39 bits per heavy atom. The van der Waals surface area contributed by atoms with Crippen LogP contribution in [-0.2, 0) is 6.54 Å². The second-order valence-corrected chi connectivity index (χ2v) is 3.57. The number of nitrogens with zero attached hydrogens (tertiary/aromatic N) is 1. The molecule has 2 N–H and O–H groups in total. The average Bonchev–Trinajstić information content (AvgIpc) is 2.38. The highest BCUT2D eigenvalue weighted by Gasteiger charge is 2.08. The molecule has 0 bridgehead atoms. The minimum Gasteiger partial charge on any atom is -0.346 e. The van der Waals surface area contributed by atoms with E-state index in [-0.39, 0.29) is 23.6 Å². The maximum Gasteiger partial charge on any atom is 0.271 e. The molecule has 0 atom stereocenters. The number of amides is 1. The molecule has 6 heteroatoms. The van der Waals surface area contributed by atoms with Gasteiger partial charge in [0.1, 0.15) is 11.5 Å². The van der Waals surface area contributed by atoms with E-state index in [4.69, 9.17) is 0 Å². The fourth-order valence-electron chi connectivity index (χ4n) is 1.37. The Bertz CT molecular complexity index is 604. The maximum absolute atomic E-state index is 13.3. The van der Waals surface area contributed by atoms with Crippen molar-refractivity contribution in [1.29, 1.82) is 0 Å². The average molecular weight is 247 g/mol. The topological polar surface area (TPSA) is 74.8 Å². The molecule has 0 aliphatic carbocycles. The van der Waals surface area contributed by atoms with Gasteiger partial charge in [-0.25, -0.2) is 9.37 Å². The molecule has 92 valence electrons. The van der Waals surface area contributed by atoms with E-state index in [1.165, 1.54) is 12.3 Å². The number of halogens is 1. The number of aromatic amines is 1. The lowest BCUT2D eigenvalue weighted by Gasteiger charge is -2.05. The number of hydrogen-bond acceptors (Lipinski definition) is 3. The van der Waals surface area contributed by atoms with E-state index in [1.54, 1.807) is 18.2 Å². The van der Waals surface area contributed by atoms with Crippen molar-refractivity contribution >= 4 is 5.91 Å². The minimum atomic E-state index is -0.477. The van der Waals surface area contributed by atoms with Gasteiger partial charge in [-0.2, -0.15) is 0 Å². The first-order valence-corrected chi connectivity index (χ1v) is 5.23. The molecule has 1 heterocycles. The Labute approximate surface area is 102 Å². The van der Waals surface area contributed by atoms with E-state index in [0.29, 0.717) is 5.56 Å². The summed E-state index contributed by atoms with van der Waals surface area (Å²) in [6, 6.07) is 6.16. The molecule has 0 unspecified atom stereocenters. The number of hydrogen-bond donors (Lipinski definition) is 2. The van der Waals surface area contributed by atoms with Crippen LogP contribution in [0.4, 0.5) is 4.39 Å². The van der Waals surface area contributed by atoms with Gasteiger partial charge in [-0.1, -0.05) is 18.2 Å². The van der Waals surface area contributed by atoms with Crippen molar-refractivity contribution in [3.05, 3.63) is 64.1 Å². The van der Waals surface area contributed by atoms with E-state index < -0.39 is 5.91 Å². The van der Waals surface area contributed by atoms with Crippen molar-refractivity contribution in [2.45, 2.75) is 6.54 Å². The molecule has 0 fully saturated rings. The van der Waals surface area contributed by atoms with Crippen molar-refractivity contribution < 1.29 is 9.18 Å². The summed E-state index contributed by atoms with van der Waals surface area (Å²) < 4.78 is 13.3. The first-order valence-electron chi connectivity index (χ1n) is 5.23. The van der Waals surface area contributed by atoms with Gasteiger partial charge < -0.3 is 10.3 Å². The SMILES string of the molecule is O=C(NCc1ccccc1F)c1c[nH]c(=O)cn1. The molecule has 1 amide bonds. The number of benzene rings is 1. The van der Waals surface area contributed by atoms with Crippen molar-refractivity contribution in [2.75, 3.05) is 0 Å². The van der Waals surface area contributed by atoms with Crippen LogP contribution >= 0.6 is 0 Å². The first-order chi connectivity index (χ1) is 8.66. The molecule has 0 saturated carbocycles. The molecule has 0 aliphatic rings. The second kappa shape index (κ2) is 5.22. The number of aromatic nitrogens is 2. The molecular weight excluding hydrogens is 237 g/mol. The highest BCUT2D eigenvalue weighted by atomic mass is 19.1. The zero-order valence-electron chi connectivity index (χ0n) is 9.31. The minimum absolute atomic E-state index is 0.0618. The molecular formula is C12H10FN3O2. The molecule has 1 aromatic carbocycles. The highest BCUT2D eigenvalue weighted by Crippen LogP contribution is 2.05. The molecule has 2 rings (SSSR count). The van der Waals surface area contributed by atoms with Crippen LogP contribution in [0.5, 0.6) is 0 Å². The zero-order chi connectivity index (χ0) is 13.0. The molecule has 5 nitrogen and oxygen atoms in total. The predicted molar refractivity (Wildman–Crippen MR) is 62.4 cm³/mol. The van der Waals surface area contributed by atoms with Gasteiger partial charge >= 0.3 is 0 Å². The van der Waals surface area contributed by atoms with Crippen molar-refractivity contribution in [3.8, 4) is 0 Å². The molecule has 0 saturated heterocycles. The van der Waals surface area contributed by atoms with Gasteiger partial charge in [0.25, 0.3) is 11.5 Å². The fraction of sp³-hybridized carbons (Fsp3) is 0.0833. The normalized spacial score (nSPS) is 10.1. The third-order valence-corrected chi connectivity index (χ3v) is 2.30. The Kier molecular flexibility index (Phi) is 3.47. The summed E-state index contributed by atoms with van der Waals surface area (Å²) in [4.78, 5) is 28.4. The Morgan fingerprint density at radius 3 is 2.83 bits per heavy atom. The quantitative estimate of drug-likeness (QED) is 0.843. The Morgan fingerprint density at radius 2 is 2.17 bits per heavy atom. The summed E-state index contributed by atoms with van der Waals surface area (Å²) >= 11 is 0.